The topological polar surface area (TPSA) is 126 Å². The molecule has 0 fully saturated rings. The average Bonchev–Trinajstić information content (AvgIpc) is 3.57. The maximum absolute atomic E-state index is 9.14. The fourth-order valence-corrected chi connectivity index (χ4v) is 7.60. The van der Waals surface area contributed by atoms with Crippen LogP contribution in [0.15, 0.2) is 134 Å². The molecule has 10 nitrogen and oxygen atoms in total. The Hall–Kier alpha value is -5.58. The summed E-state index contributed by atoms with van der Waals surface area (Å²) in [6.07, 6.45) is 5.30. The molecular weight excluding hydrogens is 928 g/mol. The van der Waals surface area contributed by atoms with Crippen LogP contribution in [0.2, 0.25) is 0 Å². The number of rotatable bonds is 16. The quantitative estimate of drug-likeness (QED) is 0.0880. The van der Waals surface area contributed by atoms with Gasteiger partial charge in [-0.3, -0.25) is 9.98 Å². The lowest BCUT2D eigenvalue weighted by Crippen LogP contribution is -2.32. The van der Waals surface area contributed by atoms with Gasteiger partial charge in [-0.25, -0.2) is 9.97 Å². The van der Waals surface area contributed by atoms with E-state index < -0.39 is 0 Å². The number of ether oxygens (including phenoxy) is 2. The molecule has 0 saturated heterocycles. The van der Waals surface area contributed by atoms with Crippen LogP contribution in [-0.2, 0) is 22.3 Å². The van der Waals surface area contributed by atoms with Gasteiger partial charge in [-0.15, -0.1) is 17.0 Å². The zero-order valence-corrected chi connectivity index (χ0v) is 41.5. The van der Waals surface area contributed by atoms with E-state index in [2.05, 4.69) is 192 Å². The minimum absolute atomic E-state index is 0. The third-order valence-electron chi connectivity index (χ3n) is 11.0. The third kappa shape index (κ3) is 14.2. The van der Waals surface area contributed by atoms with E-state index in [4.69, 9.17) is 20.1 Å². The van der Waals surface area contributed by atoms with Crippen molar-refractivity contribution in [3.8, 4) is 4.98 Å². The second-order valence-electron chi connectivity index (χ2n) is 16.0. The van der Waals surface area contributed by atoms with E-state index in [0.29, 0.717) is 18.8 Å². The number of hydrogen-bond acceptors (Lipinski definition) is 8. The number of halogens is 2. The lowest BCUT2D eigenvalue weighted by Gasteiger charge is -2.23. The van der Waals surface area contributed by atoms with Crippen LogP contribution in [0.1, 0.15) is 76.5 Å². The molecule has 4 aromatic carbocycles. The van der Waals surface area contributed by atoms with Gasteiger partial charge in [0, 0.05) is 42.5 Å². The molecule has 64 heavy (non-hydrogen) atoms. The van der Waals surface area contributed by atoms with Crippen LogP contribution in [0.25, 0.3) is 11.2 Å². The Labute approximate surface area is 398 Å². The predicted octanol–water partition coefficient (Wildman–Crippen LogP) is 12.0. The molecule has 0 aliphatic carbocycles. The minimum atomic E-state index is -0.00526. The first-order chi connectivity index (χ1) is 30.5. The van der Waals surface area contributed by atoms with Gasteiger partial charge >= 0.3 is 0 Å². The summed E-state index contributed by atoms with van der Waals surface area (Å²) in [4.78, 5) is 10.8. The van der Waals surface area contributed by atoms with Gasteiger partial charge in [-0.05, 0) is 101 Å². The van der Waals surface area contributed by atoms with Crippen molar-refractivity contribution >= 4 is 55.6 Å². The fraction of sp³-hybridized carbons (Fsp3) is 0.308. The Morgan fingerprint density at radius 2 is 1.14 bits per heavy atom. The molecule has 0 aliphatic rings. The monoisotopic (exact) mass is 988 g/mol. The minimum Gasteiger partial charge on any atom is -0.383 e. The SMILES string of the molecule is Br.COC[C@H](Cc1ccc(C)cc1)Nc1cccnc1NC(C)c1ccc(C)cc1.COC[C@H](Cc1ccc(C)cc1)n1c(=N)n(C(C)c2ccc(C)cc2)c2ncccc21.N#CBr. The van der Waals surface area contributed by atoms with E-state index in [9.17, 15) is 0 Å². The van der Waals surface area contributed by atoms with Gasteiger partial charge in [-0.2, -0.15) is 5.26 Å². The van der Waals surface area contributed by atoms with Crippen LogP contribution in [0.4, 0.5) is 11.5 Å². The molecule has 7 aromatic rings. The highest BCUT2D eigenvalue weighted by Crippen LogP contribution is 2.27. The molecule has 336 valence electrons. The number of benzene rings is 4. The van der Waals surface area contributed by atoms with Crippen molar-refractivity contribution in [1.82, 2.24) is 19.1 Å². The third-order valence-corrected chi connectivity index (χ3v) is 11.0. The summed E-state index contributed by atoms with van der Waals surface area (Å²) in [6.45, 7) is 13.8. The number of nitrogens with one attached hydrogen (secondary N) is 3. The predicted molar refractivity (Wildman–Crippen MR) is 271 cm³/mol. The molecule has 7 rings (SSSR count). The van der Waals surface area contributed by atoms with Gasteiger partial charge in [0.05, 0.1) is 48.6 Å². The van der Waals surface area contributed by atoms with Crippen LogP contribution in [-0.4, -0.2) is 52.6 Å². The molecule has 3 N–H and O–H groups in total. The van der Waals surface area contributed by atoms with Gasteiger partial charge in [-0.1, -0.05) is 119 Å². The Kier molecular flexibility index (Phi) is 20.5. The molecule has 0 bridgehead atoms. The standard InChI is InChI=1S/C26H30N4O.C25H31N3O.CBrN.BrH/c1-18-7-11-21(12-8-18)16-23(17-31-4)30-24-6-5-15-28-25(24)29(26(30)27)20(3)22-13-9-19(2)10-14-22;1-18-7-11-21(12-8-18)16-23(17-29-4)28-24-6-5-15-26-25(24)27-20(3)22-13-9-19(2)10-14-22;2-1-3;/h5-15,20,23,27H,16-17H2,1-4H3;5-15,20,23,28H,16-17H2,1-4H3,(H,26,27);;1H/t2*20?,23-;;/m00../s1. The number of anilines is 2. The van der Waals surface area contributed by atoms with E-state index in [1.54, 1.807) is 25.4 Å². The summed E-state index contributed by atoms with van der Waals surface area (Å²) < 4.78 is 15.2. The van der Waals surface area contributed by atoms with Gasteiger partial charge in [0.1, 0.15) is 10.8 Å². The maximum atomic E-state index is 9.14. The maximum Gasteiger partial charge on any atom is 0.205 e. The van der Waals surface area contributed by atoms with E-state index in [1.807, 2.05) is 22.9 Å². The van der Waals surface area contributed by atoms with Crippen LogP contribution < -0.4 is 16.3 Å². The van der Waals surface area contributed by atoms with Crippen LogP contribution in [0.5, 0.6) is 0 Å². The Morgan fingerprint density at radius 3 is 1.69 bits per heavy atom. The lowest BCUT2D eigenvalue weighted by molar-refractivity contribution is 0.154. The highest BCUT2D eigenvalue weighted by molar-refractivity contribution is 9.12. The molecule has 4 atom stereocenters. The van der Waals surface area contributed by atoms with E-state index >= 15 is 0 Å². The number of hydrogen-bond donors (Lipinski definition) is 3. The van der Waals surface area contributed by atoms with Crippen molar-refractivity contribution in [2.45, 2.75) is 78.6 Å². The van der Waals surface area contributed by atoms with Crippen molar-refractivity contribution in [3.63, 3.8) is 0 Å². The van der Waals surface area contributed by atoms with Crippen molar-refractivity contribution in [3.05, 3.63) is 184 Å². The first kappa shape index (κ1) is 51.1. The van der Waals surface area contributed by atoms with Crippen molar-refractivity contribution in [1.29, 1.82) is 10.7 Å². The van der Waals surface area contributed by atoms with Gasteiger partial charge in [0.15, 0.2) is 5.65 Å². The number of aromatic nitrogens is 4. The molecule has 12 heteroatoms. The van der Waals surface area contributed by atoms with Crippen LogP contribution >= 0.6 is 32.9 Å². The van der Waals surface area contributed by atoms with Crippen molar-refractivity contribution in [2.24, 2.45) is 0 Å². The van der Waals surface area contributed by atoms with Crippen LogP contribution in [0, 0.1) is 43.3 Å². The number of nitriles is 1. The summed E-state index contributed by atoms with van der Waals surface area (Å²) in [5, 5.41) is 23.6. The fourth-order valence-electron chi connectivity index (χ4n) is 7.60. The van der Waals surface area contributed by atoms with E-state index in [-0.39, 0.29) is 41.1 Å². The summed E-state index contributed by atoms with van der Waals surface area (Å²) in [7, 11) is 3.46. The average molecular weight is 991 g/mol. The summed E-state index contributed by atoms with van der Waals surface area (Å²) in [5.41, 5.74) is 13.1. The smallest absolute Gasteiger partial charge is 0.205 e. The van der Waals surface area contributed by atoms with Crippen LogP contribution in [0.3, 0.4) is 0 Å². The van der Waals surface area contributed by atoms with E-state index in [1.165, 1.54) is 38.9 Å². The van der Waals surface area contributed by atoms with E-state index in [0.717, 1.165) is 41.1 Å². The van der Waals surface area contributed by atoms with Gasteiger partial charge < -0.3 is 24.7 Å². The highest BCUT2D eigenvalue weighted by Gasteiger charge is 2.23. The number of methoxy groups -OCH3 is 2. The molecule has 0 amide bonds. The first-order valence-corrected chi connectivity index (χ1v) is 22.1. The highest BCUT2D eigenvalue weighted by atomic mass is 79.9. The molecule has 3 heterocycles. The first-order valence-electron chi connectivity index (χ1n) is 21.3. The zero-order valence-electron chi connectivity index (χ0n) is 38.2. The van der Waals surface area contributed by atoms with Crippen molar-refractivity contribution in [2.75, 3.05) is 38.1 Å². The molecule has 2 unspecified atom stereocenters. The molecule has 0 radical (unpaired) electrons. The number of imidazole rings is 1. The summed E-state index contributed by atoms with van der Waals surface area (Å²) in [6, 6.07) is 42.7. The normalized spacial score (nSPS) is 12.5. The second-order valence-corrected chi connectivity index (χ2v) is 16.4. The second kappa shape index (κ2) is 25.6. The number of nitrogens with zero attached hydrogens (tertiary/aromatic N) is 5. The molecular formula is C52H62Br2N8O2. The summed E-state index contributed by atoms with van der Waals surface area (Å²) >= 11 is 2.45. The summed E-state index contributed by atoms with van der Waals surface area (Å²) in [5.74, 6) is 0.852. The Bertz CT molecular complexity index is 2570. The lowest BCUT2D eigenvalue weighted by atomic mass is 10.0. The number of fused-ring (bicyclic) bond motifs is 1. The Balaban J connectivity index is 0.000000261. The molecule has 0 aliphatic heterocycles. The number of aryl methyl sites for hydroxylation is 4. The van der Waals surface area contributed by atoms with Gasteiger partial charge in [0.2, 0.25) is 5.62 Å². The largest absolute Gasteiger partial charge is 0.383 e. The van der Waals surface area contributed by atoms with Gasteiger partial charge in [0.25, 0.3) is 0 Å². The molecule has 3 aromatic heterocycles. The van der Waals surface area contributed by atoms with Crippen molar-refractivity contribution < 1.29 is 9.47 Å². The molecule has 0 saturated carbocycles. The number of pyridine rings is 2. The zero-order chi connectivity index (χ0) is 45.3. The molecule has 0 spiro atoms. The Morgan fingerprint density at radius 1 is 0.656 bits per heavy atom.